The standard InChI is InChI=1S/C13H14N2O2S/c1-8-4-10(2-3-12(8)16)15-6-11-5-9(7-18-11)13(14)17/h2-5,7,15-16H,6H2,1H3,(H2,14,17). The first kappa shape index (κ1) is 12.4. The third kappa shape index (κ3) is 2.81. The normalized spacial score (nSPS) is 10.3. The molecule has 0 aliphatic rings. The Labute approximate surface area is 109 Å². The maximum Gasteiger partial charge on any atom is 0.249 e. The van der Waals surface area contributed by atoms with Crippen molar-refractivity contribution in [1.82, 2.24) is 0 Å². The van der Waals surface area contributed by atoms with E-state index < -0.39 is 5.91 Å². The van der Waals surface area contributed by atoms with E-state index in [9.17, 15) is 9.90 Å². The summed E-state index contributed by atoms with van der Waals surface area (Å²) in [6.45, 7) is 2.47. The highest BCUT2D eigenvalue weighted by atomic mass is 32.1. The number of hydrogen-bond acceptors (Lipinski definition) is 4. The van der Waals surface area contributed by atoms with Crippen molar-refractivity contribution in [2.24, 2.45) is 5.73 Å². The van der Waals surface area contributed by atoms with Gasteiger partial charge in [0.25, 0.3) is 0 Å². The van der Waals surface area contributed by atoms with E-state index in [1.165, 1.54) is 11.3 Å². The summed E-state index contributed by atoms with van der Waals surface area (Å²) in [5.41, 5.74) is 7.48. The van der Waals surface area contributed by atoms with Crippen LogP contribution in [0.3, 0.4) is 0 Å². The van der Waals surface area contributed by atoms with Crippen LogP contribution in [0.25, 0.3) is 0 Å². The lowest BCUT2D eigenvalue weighted by molar-refractivity contribution is 0.100. The molecule has 0 saturated heterocycles. The number of phenols is 1. The average Bonchev–Trinajstić information content (AvgIpc) is 2.79. The van der Waals surface area contributed by atoms with Gasteiger partial charge in [0.2, 0.25) is 5.91 Å². The predicted octanol–water partition coefficient (Wildman–Crippen LogP) is 2.47. The number of aryl methyl sites for hydroxylation is 1. The SMILES string of the molecule is Cc1cc(NCc2cc(C(N)=O)cs2)ccc1O. The number of carbonyl (C=O) groups is 1. The molecule has 1 aromatic carbocycles. The smallest absolute Gasteiger partial charge is 0.249 e. The Balaban J connectivity index is 2.02. The van der Waals surface area contributed by atoms with Gasteiger partial charge in [0.05, 0.1) is 5.56 Å². The van der Waals surface area contributed by atoms with Gasteiger partial charge >= 0.3 is 0 Å². The van der Waals surface area contributed by atoms with Crippen LogP contribution in [0, 0.1) is 6.92 Å². The fraction of sp³-hybridized carbons (Fsp3) is 0.154. The number of carbonyl (C=O) groups excluding carboxylic acids is 1. The molecule has 0 bridgehead atoms. The molecular formula is C13H14N2O2S. The molecule has 0 aliphatic heterocycles. The van der Waals surface area contributed by atoms with Crippen LogP contribution < -0.4 is 11.1 Å². The van der Waals surface area contributed by atoms with E-state index in [4.69, 9.17) is 5.73 Å². The molecule has 0 unspecified atom stereocenters. The maximum atomic E-state index is 11.0. The van der Waals surface area contributed by atoms with Gasteiger partial charge in [-0.3, -0.25) is 4.79 Å². The highest BCUT2D eigenvalue weighted by Crippen LogP contribution is 2.21. The number of rotatable bonds is 4. The van der Waals surface area contributed by atoms with E-state index >= 15 is 0 Å². The molecule has 0 atom stereocenters. The van der Waals surface area contributed by atoms with Crippen LogP contribution in [0.15, 0.2) is 29.6 Å². The van der Waals surface area contributed by atoms with Crippen molar-refractivity contribution < 1.29 is 9.90 Å². The first-order valence-electron chi connectivity index (χ1n) is 5.47. The molecule has 2 rings (SSSR count). The van der Waals surface area contributed by atoms with E-state index in [1.807, 2.05) is 19.1 Å². The van der Waals surface area contributed by atoms with Gasteiger partial charge in [-0.05, 0) is 36.8 Å². The Hall–Kier alpha value is -2.01. The van der Waals surface area contributed by atoms with E-state index in [0.29, 0.717) is 12.1 Å². The molecule has 0 spiro atoms. The summed E-state index contributed by atoms with van der Waals surface area (Å²) in [4.78, 5) is 12.0. The number of amides is 1. The molecule has 18 heavy (non-hydrogen) atoms. The fourth-order valence-electron chi connectivity index (χ4n) is 1.56. The zero-order valence-electron chi connectivity index (χ0n) is 9.93. The Morgan fingerprint density at radius 3 is 2.83 bits per heavy atom. The zero-order valence-corrected chi connectivity index (χ0v) is 10.8. The monoisotopic (exact) mass is 262 g/mol. The number of benzene rings is 1. The minimum atomic E-state index is -0.405. The van der Waals surface area contributed by atoms with Gasteiger partial charge in [-0.15, -0.1) is 11.3 Å². The maximum absolute atomic E-state index is 11.0. The van der Waals surface area contributed by atoms with Crippen molar-refractivity contribution in [2.45, 2.75) is 13.5 Å². The summed E-state index contributed by atoms with van der Waals surface area (Å²) in [7, 11) is 0. The number of hydrogen-bond donors (Lipinski definition) is 3. The number of nitrogens with two attached hydrogens (primary N) is 1. The van der Waals surface area contributed by atoms with Crippen LogP contribution in [0.1, 0.15) is 20.8 Å². The number of anilines is 1. The van der Waals surface area contributed by atoms with Crippen molar-refractivity contribution in [2.75, 3.05) is 5.32 Å². The minimum absolute atomic E-state index is 0.285. The first-order chi connectivity index (χ1) is 8.56. The molecule has 0 fully saturated rings. The summed E-state index contributed by atoms with van der Waals surface area (Å²) < 4.78 is 0. The topological polar surface area (TPSA) is 75.3 Å². The van der Waals surface area contributed by atoms with E-state index in [0.717, 1.165) is 16.1 Å². The highest BCUT2D eigenvalue weighted by Gasteiger charge is 2.04. The Bertz CT molecular complexity index is 578. The lowest BCUT2D eigenvalue weighted by Gasteiger charge is -2.06. The van der Waals surface area contributed by atoms with Crippen LogP contribution >= 0.6 is 11.3 Å². The van der Waals surface area contributed by atoms with Crippen LogP contribution in [0.2, 0.25) is 0 Å². The molecule has 4 nitrogen and oxygen atoms in total. The van der Waals surface area contributed by atoms with Gasteiger partial charge in [-0.2, -0.15) is 0 Å². The van der Waals surface area contributed by atoms with Gasteiger partial charge in [-0.25, -0.2) is 0 Å². The molecule has 0 aliphatic carbocycles. The van der Waals surface area contributed by atoms with Crippen molar-refractivity contribution in [3.05, 3.63) is 45.6 Å². The minimum Gasteiger partial charge on any atom is -0.508 e. The Kier molecular flexibility index (Phi) is 3.53. The molecule has 1 aromatic heterocycles. The Morgan fingerprint density at radius 1 is 1.44 bits per heavy atom. The van der Waals surface area contributed by atoms with Gasteiger partial charge < -0.3 is 16.2 Å². The second kappa shape index (κ2) is 5.10. The number of aromatic hydroxyl groups is 1. The number of nitrogens with one attached hydrogen (secondary N) is 1. The quantitative estimate of drug-likeness (QED) is 0.741. The largest absolute Gasteiger partial charge is 0.508 e. The molecule has 94 valence electrons. The lowest BCUT2D eigenvalue weighted by atomic mass is 10.2. The molecule has 0 radical (unpaired) electrons. The number of primary amides is 1. The van der Waals surface area contributed by atoms with Crippen LogP contribution in [-0.4, -0.2) is 11.0 Å². The first-order valence-corrected chi connectivity index (χ1v) is 6.35. The van der Waals surface area contributed by atoms with Crippen LogP contribution in [-0.2, 0) is 6.54 Å². The second-order valence-corrected chi connectivity index (χ2v) is 5.02. The van der Waals surface area contributed by atoms with E-state index in [2.05, 4.69) is 5.32 Å². The lowest BCUT2D eigenvalue weighted by Crippen LogP contribution is -2.09. The highest BCUT2D eigenvalue weighted by molar-refractivity contribution is 7.10. The van der Waals surface area contributed by atoms with E-state index in [-0.39, 0.29) is 5.75 Å². The molecule has 4 N–H and O–H groups in total. The summed E-state index contributed by atoms with van der Waals surface area (Å²) in [6, 6.07) is 7.12. The molecular weight excluding hydrogens is 248 g/mol. The van der Waals surface area contributed by atoms with Gasteiger partial charge in [0.1, 0.15) is 5.75 Å². The summed E-state index contributed by atoms with van der Waals surface area (Å²) in [6.07, 6.45) is 0. The van der Waals surface area contributed by atoms with Crippen molar-refractivity contribution in [3.63, 3.8) is 0 Å². The van der Waals surface area contributed by atoms with Gasteiger partial charge in [0, 0.05) is 22.5 Å². The summed E-state index contributed by atoms with van der Waals surface area (Å²) in [5.74, 6) is -0.120. The van der Waals surface area contributed by atoms with Crippen LogP contribution in [0.5, 0.6) is 5.75 Å². The molecule has 1 heterocycles. The fourth-order valence-corrected chi connectivity index (χ4v) is 2.37. The van der Waals surface area contributed by atoms with Crippen molar-refractivity contribution in [1.29, 1.82) is 0 Å². The molecule has 1 amide bonds. The second-order valence-electron chi connectivity index (χ2n) is 4.02. The zero-order chi connectivity index (χ0) is 13.1. The van der Waals surface area contributed by atoms with E-state index in [1.54, 1.807) is 17.5 Å². The summed E-state index contributed by atoms with van der Waals surface area (Å²) in [5, 5.41) is 14.4. The summed E-state index contributed by atoms with van der Waals surface area (Å²) >= 11 is 1.49. The van der Waals surface area contributed by atoms with Crippen LogP contribution in [0.4, 0.5) is 5.69 Å². The Morgan fingerprint density at radius 2 is 2.22 bits per heavy atom. The average molecular weight is 262 g/mol. The van der Waals surface area contributed by atoms with Gasteiger partial charge in [0.15, 0.2) is 0 Å². The number of thiophene rings is 1. The molecule has 0 saturated carbocycles. The third-order valence-corrected chi connectivity index (χ3v) is 3.54. The predicted molar refractivity (Wildman–Crippen MR) is 73.0 cm³/mol. The molecule has 5 heteroatoms. The molecule has 2 aromatic rings. The third-order valence-electron chi connectivity index (χ3n) is 2.60. The van der Waals surface area contributed by atoms with Gasteiger partial charge in [-0.1, -0.05) is 0 Å². The number of phenolic OH excluding ortho intramolecular Hbond substituents is 1. The van der Waals surface area contributed by atoms with Crippen molar-refractivity contribution >= 4 is 22.9 Å². The van der Waals surface area contributed by atoms with Crippen molar-refractivity contribution in [3.8, 4) is 5.75 Å².